The lowest BCUT2D eigenvalue weighted by molar-refractivity contribution is -0.193. The summed E-state index contributed by atoms with van der Waals surface area (Å²) in [7, 11) is 2.22. The van der Waals surface area contributed by atoms with Crippen LogP contribution in [0.2, 0.25) is 0 Å². The van der Waals surface area contributed by atoms with Gasteiger partial charge in [-0.3, -0.25) is 4.90 Å². The fourth-order valence-electron chi connectivity index (χ4n) is 3.20. The van der Waals surface area contributed by atoms with Gasteiger partial charge in [-0.15, -0.1) is 0 Å². The van der Waals surface area contributed by atoms with Gasteiger partial charge in [-0.1, -0.05) is 6.92 Å². The fourth-order valence-corrected chi connectivity index (χ4v) is 3.20. The summed E-state index contributed by atoms with van der Waals surface area (Å²) in [5.74, 6) is -0.292. The summed E-state index contributed by atoms with van der Waals surface area (Å²) in [6.07, 6.45) is 3.14. The lowest BCUT2D eigenvalue weighted by atomic mass is 9.84. The maximum atomic E-state index is 5.89. The van der Waals surface area contributed by atoms with Gasteiger partial charge in [0.15, 0.2) is 5.79 Å². The zero-order valence-electron chi connectivity index (χ0n) is 12.2. The standard InChI is InChI=1S/C14H28N2O2/c1-5-15-12-6-7-14(17-8-9-18-14)10-13(12)16(4)11(2)3/h11-13,15H,5-10H2,1-4H3. The van der Waals surface area contributed by atoms with Crippen molar-refractivity contribution in [1.82, 2.24) is 10.2 Å². The highest BCUT2D eigenvalue weighted by atomic mass is 16.7. The Morgan fingerprint density at radius 3 is 2.56 bits per heavy atom. The van der Waals surface area contributed by atoms with E-state index in [1.54, 1.807) is 0 Å². The SMILES string of the molecule is CCNC1CCC2(CC1N(C)C(C)C)OCCO2. The molecule has 1 aliphatic carbocycles. The van der Waals surface area contributed by atoms with Crippen LogP contribution in [0.3, 0.4) is 0 Å². The number of nitrogens with one attached hydrogen (secondary N) is 1. The quantitative estimate of drug-likeness (QED) is 0.828. The summed E-state index contributed by atoms with van der Waals surface area (Å²) in [6.45, 7) is 9.22. The molecule has 1 aliphatic heterocycles. The lowest BCUT2D eigenvalue weighted by Crippen LogP contribution is -2.58. The summed E-state index contributed by atoms with van der Waals surface area (Å²) in [4.78, 5) is 2.46. The molecule has 1 heterocycles. The number of hydrogen-bond acceptors (Lipinski definition) is 4. The van der Waals surface area contributed by atoms with E-state index in [-0.39, 0.29) is 5.79 Å². The van der Waals surface area contributed by atoms with Crippen LogP contribution in [0.4, 0.5) is 0 Å². The highest BCUT2D eigenvalue weighted by Gasteiger charge is 2.46. The van der Waals surface area contributed by atoms with E-state index in [4.69, 9.17) is 9.47 Å². The maximum absolute atomic E-state index is 5.89. The molecule has 4 heteroatoms. The first-order valence-corrected chi connectivity index (χ1v) is 7.31. The molecule has 0 aromatic heterocycles. The van der Waals surface area contributed by atoms with E-state index >= 15 is 0 Å². The van der Waals surface area contributed by atoms with Gasteiger partial charge in [-0.05, 0) is 33.9 Å². The molecule has 2 atom stereocenters. The molecule has 0 aromatic rings. The van der Waals surface area contributed by atoms with E-state index in [1.165, 1.54) is 0 Å². The van der Waals surface area contributed by atoms with Crippen molar-refractivity contribution in [3.05, 3.63) is 0 Å². The first-order chi connectivity index (χ1) is 8.58. The van der Waals surface area contributed by atoms with E-state index in [2.05, 4.69) is 38.0 Å². The summed E-state index contributed by atoms with van der Waals surface area (Å²) in [5.41, 5.74) is 0. The van der Waals surface area contributed by atoms with E-state index in [0.717, 1.165) is 39.0 Å². The number of ether oxygens (including phenoxy) is 2. The smallest absolute Gasteiger partial charge is 0.170 e. The Bertz CT molecular complexity index is 265. The summed E-state index contributed by atoms with van der Waals surface area (Å²) in [5, 5.41) is 3.62. The molecule has 2 unspecified atom stereocenters. The highest BCUT2D eigenvalue weighted by Crippen LogP contribution is 2.37. The third kappa shape index (κ3) is 2.87. The molecule has 106 valence electrons. The van der Waals surface area contributed by atoms with Crippen LogP contribution < -0.4 is 5.32 Å². The number of rotatable bonds is 4. The largest absolute Gasteiger partial charge is 0.347 e. The molecule has 0 aromatic carbocycles. The van der Waals surface area contributed by atoms with Gasteiger partial charge in [0.05, 0.1) is 13.2 Å². The average molecular weight is 256 g/mol. The number of nitrogens with zero attached hydrogens (tertiary/aromatic N) is 1. The summed E-state index contributed by atoms with van der Waals surface area (Å²) >= 11 is 0. The molecule has 0 amide bonds. The van der Waals surface area contributed by atoms with Gasteiger partial charge in [0.1, 0.15) is 0 Å². The molecule has 1 saturated heterocycles. The van der Waals surface area contributed by atoms with Crippen molar-refractivity contribution in [2.45, 2.75) is 63.9 Å². The molecule has 1 spiro atoms. The van der Waals surface area contributed by atoms with Crippen LogP contribution in [0.25, 0.3) is 0 Å². The van der Waals surface area contributed by atoms with Crippen LogP contribution in [0, 0.1) is 0 Å². The van der Waals surface area contributed by atoms with Gasteiger partial charge in [0.2, 0.25) is 0 Å². The van der Waals surface area contributed by atoms with E-state index in [0.29, 0.717) is 18.1 Å². The lowest BCUT2D eigenvalue weighted by Gasteiger charge is -2.46. The van der Waals surface area contributed by atoms with Crippen molar-refractivity contribution < 1.29 is 9.47 Å². The molecule has 18 heavy (non-hydrogen) atoms. The predicted molar refractivity (Wildman–Crippen MR) is 72.6 cm³/mol. The first kappa shape index (κ1) is 14.3. The van der Waals surface area contributed by atoms with Crippen LogP contribution in [0.1, 0.15) is 40.0 Å². The van der Waals surface area contributed by atoms with Gasteiger partial charge < -0.3 is 14.8 Å². The zero-order chi connectivity index (χ0) is 13.2. The summed E-state index contributed by atoms with van der Waals surface area (Å²) in [6, 6.07) is 1.60. The Morgan fingerprint density at radius 2 is 2.00 bits per heavy atom. The van der Waals surface area contributed by atoms with E-state index < -0.39 is 0 Å². The normalized spacial score (nSPS) is 31.7. The minimum Gasteiger partial charge on any atom is -0.347 e. The molecule has 4 nitrogen and oxygen atoms in total. The monoisotopic (exact) mass is 256 g/mol. The van der Waals surface area contributed by atoms with Crippen molar-refractivity contribution in [2.24, 2.45) is 0 Å². The van der Waals surface area contributed by atoms with Crippen molar-refractivity contribution in [3.8, 4) is 0 Å². The Hall–Kier alpha value is -0.160. The molecular formula is C14H28N2O2. The van der Waals surface area contributed by atoms with Crippen molar-refractivity contribution in [1.29, 1.82) is 0 Å². The van der Waals surface area contributed by atoms with Gasteiger partial charge in [-0.25, -0.2) is 0 Å². The van der Waals surface area contributed by atoms with Crippen LogP contribution in [-0.2, 0) is 9.47 Å². The maximum Gasteiger partial charge on any atom is 0.170 e. The van der Waals surface area contributed by atoms with Crippen molar-refractivity contribution >= 4 is 0 Å². The Kier molecular flexibility index (Phi) is 4.64. The Labute approximate surface area is 111 Å². The minimum atomic E-state index is -0.292. The van der Waals surface area contributed by atoms with Crippen molar-refractivity contribution in [2.75, 3.05) is 26.8 Å². The molecule has 0 bridgehead atoms. The Balaban J connectivity index is 2.07. The second-order valence-corrected chi connectivity index (χ2v) is 5.84. The summed E-state index contributed by atoms with van der Waals surface area (Å²) < 4.78 is 11.8. The van der Waals surface area contributed by atoms with Gasteiger partial charge in [0.25, 0.3) is 0 Å². The van der Waals surface area contributed by atoms with Crippen molar-refractivity contribution in [3.63, 3.8) is 0 Å². The van der Waals surface area contributed by atoms with Gasteiger partial charge >= 0.3 is 0 Å². The molecule has 2 fully saturated rings. The molecule has 2 aliphatic rings. The second kappa shape index (κ2) is 5.87. The number of hydrogen-bond donors (Lipinski definition) is 1. The molecule has 1 N–H and O–H groups in total. The molecular weight excluding hydrogens is 228 g/mol. The van der Waals surface area contributed by atoms with Crippen LogP contribution in [-0.4, -0.2) is 55.6 Å². The minimum absolute atomic E-state index is 0.292. The third-order valence-corrected chi connectivity index (χ3v) is 4.44. The van der Waals surface area contributed by atoms with Gasteiger partial charge in [-0.2, -0.15) is 0 Å². The zero-order valence-corrected chi connectivity index (χ0v) is 12.2. The molecule has 1 saturated carbocycles. The average Bonchev–Trinajstić information content (AvgIpc) is 2.79. The Morgan fingerprint density at radius 1 is 1.33 bits per heavy atom. The third-order valence-electron chi connectivity index (χ3n) is 4.44. The first-order valence-electron chi connectivity index (χ1n) is 7.31. The topological polar surface area (TPSA) is 33.7 Å². The predicted octanol–water partition coefficient (Wildman–Crippen LogP) is 1.60. The van der Waals surface area contributed by atoms with E-state index in [9.17, 15) is 0 Å². The van der Waals surface area contributed by atoms with Crippen LogP contribution in [0.15, 0.2) is 0 Å². The second-order valence-electron chi connectivity index (χ2n) is 5.84. The van der Waals surface area contributed by atoms with Gasteiger partial charge in [0, 0.05) is 31.0 Å². The van der Waals surface area contributed by atoms with Crippen LogP contribution in [0.5, 0.6) is 0 Å². The highest BCUT2D eigenvalue weighted by molar-refractivity contribution is 4.96. The number of likely N-dealkylation sites (N-methyl/N-ethyl adjacent to an activating group) is 2. The molecule has 2 rings (SSSR count). The molecule has 0 radical (unpaired) electrons. The fraction of sp³-hybridized carbons (Fsp3) is 1.00. The van der Waals surface area contributed by atoms with Crippen LogP contribution >= 0.6 is 0 Å². The van der Waals surface area contributed by atoms with E-state index in [1.807, 2.05) is 0 Å².